The Labute approximate surface area is 173 Å². The molecular formula is C22H35O4PS. The molecule has 0 atom stereocenters. The molecule has 0 amide bonds. The molecule has 0 aliphatic heterocycles. The van der Waals surface area contributed by atoms with Crippen LogP contribution in [0.4, 0.5) is 0 Å². The standard InChI is InChI=1S/C22H35O4PS/c1-2-24-28-27(23,25-21-9-15-3-16(10-21)5-17(4-15)11-21)26-22-12-18-6-19(13-22)8-20(7-18)14-22/h15-20H,2-14H2,1H3. The minimum absolute atomic E-state index is 0.212. The topological polar surface area (TPSA) is 44.8 Å². The molecule has 0 N–H and O–H groups in total. The predicted molar refractivity (Wildman–Crippen MR) is 111 cm³/mol. The lowest BCUT2D eigenvalue weighted by Crippen LogP contribution is -2.53. The fraction of sp³-hybridized carbons (Fsp3) is 1.00. The highest BCUT2D eigenvalue weighted by Crippen LogP contribution is 2.72. The summed E-state index contributed by atoms with van der Waals surface area (Å²) in [6.45, 7) is -0.857. The van der Waals surface area contributed by atoms with Gasteiger partial charge in [-0.25, -0.2) is 4.57 Å². The minimum atomic E-state index is -3.34. The molecule has 158 valence electrons. The first-order chi connectivity index (χ1) is 13.4. The van der Waals surface area contributed by atoms with Crippen molar-refractivity contribution < 1.29 is 17.8 Å². The van der Waals surface area contributed by atoms with E-state index in [2.05, 4.69) is 0 Å². The van der Waals surface area contributed by atoms with E-state index in [1.807, 2.05) is 6.92 Å². The van der Waals surface area contributed by atoms with Crippen LogP contribution in [0.1, 0.15) is 84.0 Å². The van der Waals surface area contributed by atoms with E-state index in [9.17, 15) is 4.57 Å². The van der Waals surface area contributed by atoms with Crippen molar-refractivity contribution in [1.82, 2.24) is 0 Å². The summed E-state index contributed by atoms with van der Waals surface area (Å²) in [5.74, 6) is 4.65. The first-order valence-electron chi connectivity index (χ1n) is 11.8. The lowest BCUT2D eigenvalue weighted by atomic mass is 9.54. The zero-order valence-corrected chi connectivity index (χ0v) is 18.9. The first kappa shape index (κ1) is 19.2. The molecule has 8 saturated carbocycles. The largest absolute Gasteiger partial charge is 0.416 e. The molecule has 0 radical (unpaired) electrons. The third-order valence-electron chi connectivity index (χ3n) is 8.84. The normalized spacial score (nSPS) is 52.9. The SMILES string of the molecule is CCOSP(=O)(OC12CC3CC(CC(C3)C1)C2)OC12CC3CC(CC(C3)C1)C2. The van der Waals surface area contributed by atoms with Crippen molar-refractivity contribution in [2.45, 2.75) is 95.2 Å². The monoisotopic (exact) mass is 426 g/mol. The lowest BCUT2D eigenvalue weighted by molar-refractivity contribution is -0.137. The van der Waals surface area contributed by atoms with Crippen LogP contribution < -0.4 is 0 Å². The van der Waals surface area contributed by atoms with E-state index in [0.717, 1.165) is 85.7 Å². The van der Waals surface area contributed by atoms with Gasteiger partial charge < -0.3 is 4.18 Å². The molecule has 4 nitrogen and oxygen atoms in total. The molecule has 6 heteroatoms. The van der Waals surface area contributed by atoms with Crippen LogP contribution in [0, 0.1) is 35.5 Å². The second-order valence-corrected chi connectivity index (χ2v) is 14.7. The molecule has 0 aromatic carbocycles. The van der Waals surface area contributed by atoms with E-state index in [1.165, 1.54) is 38.5 Å². The molecule has 8 aliphatic carbocycles. The van der Waals surface area contributed by atoms with E-state index in [0.29, 0.717) is 6.61 Å². The van der Waals surface area contributed by atoms with Gasteiger partial charge in [0.05, 0.1) is 17.8 Å². The maximum Gasteiger partial charge on any atom is 0.416 e. The Morgan fingerprint density at radius 1 is 0.714 bits per heavy atom. The Balaban J connectivity index is 1.25. The zero-order valence-electron chi connectivity index (χ0n) is 17.1. The fourth-order valence-electron chi connectivity index (χ4n) is 8.93. The van der Waals surface area contributed by atoms with Gasteiger partial charge in [0.1, 0.15) is 11.7 Å². The third-order valence-corrected chi connectivity index (χ3v) is 11.9. The highest BCUT2D eigenvalue weighted by atomic mass is 32.7. The molecule has 0 heterocycles. The summed E-state index contributed by atoms with van der Waals surface area (Å²) in [5.41, 5.74) is -0.423. The van der Waals surface area contributed by atoms with Crippen molar-refractivity contribution in [1.29, 1.82) is 0 Å². The van der Waals surface area contributed by atoms with Crippen LogP contribution in [0.5, 0.6) is 0 Å². The van der Waals surface area contributed by atoms with E-state index < -0.39 is 6.80 Å². The van der Waals surface area contributed by atoms with Gasteiger partial charge in [-0.1, -0.05) is 0 Å². The van der Waals surface area contributed by atoms with Gasteiger partial charge in [-0.2, -0.15) is 0 Å². The highest BCUT2D eigenvalue weighted by Gasteiger charge is 2.58. The Hall–Kier alpha value is 0.460. The van der Waals surface area contributed by atoms with Crippen molar-refractivity contribution in [2.24, 2.45) is 35.5 Å². The average Bonchev–Trinajstić information content (AvgIpc) is 2.56. The molecule has 8 fully saturated rings. The average molecular weight is 427 g/mol. The van der Waals surface area contributed by atoms with Gasteiger partial charge in [-0.3, -0.25) is 9.05 Å². The van der Waals surface area contributed by atoms with Crippen LogP contribution in [-0.4, -0.2) is 17.8 Å². The zero-order chi connectivity index (χ0) is 19.0. The Bertz CT molecular complexity index is 559. The van der Waals surface area contributed by atoms with Gasteiger partial charge in [0.2, 0.25) is 0 Å². The summed E-state index contributed by atoms with van der Waals surface area (Å²) in [6.07, 6.45) is 14.7. The van der Waals surface area contributed by atoms with Gasteiger partial charge in [0.15, 0.2) is 0 Å². The van der Waals surface area contributed by atoms with Gasteiger partial charge in [-0.05, 0) is 119 Å². The van der Waals surface area contributed by atoms with Crippen LogP contribution in [0.15, 0.2) is 0 Å². The summed E-state index contributed by atoms with van der Waals surface area (Å²) in [7, 11) is 0. The minimum Gasteiger partial charge on any atom is -0.305 e. The van der Waals surface area contributed by atoms with Gasteiger partial charge >= 0.3 is 6.80 Å². The molecule has 0 aromatic rings. The Kier molecular flexibility index (Phi) is 4.61. The van der Waals surface area contributed by atoms with E-state index in [4.69, 9.17) is 13.2 Å². The Morgan fingerprint density at radius 3 is 1.32 bits per heavy atom. The first-order valence-corrected chi connectivity index (χ1v) is 14.7. The molecule has 8 aliphatic rings. The van der Waals surface area contributed by atoms with Gasteiger partial charge in [-0.15, -0.1) is 0 Å². The molecule has 8 rings (SSSR count). The third kappa shape index (κ3) is 3.36. The summed E-state index contributed by atoms with van der Waals surface area (Å²) in [4.78, 5) is 0. The summed E-state index contributed by atoms with van der Waals surface area (Å²) < 4.78 is 33.1. The van der Waals surface area contributed by atoms with Crippen molar-refractivity contribution in [2.75, 3.05) is 6.61 Å². The van der Waals surface area contributed by atoms with Crippen LogP contribution in [0.25, 0.3) is 0 Å². The molecular weight excluding hydrogens is 391 g/mol. The van der Waals surface area contributed by atoms with Crippen molar-refractivity contribution in [3.05, 3.63) is 0 Å². The summed E-state index contributed by atoms with van der Waals surface area (Å²) >= 11 is 1.03. The number of hydrogen-bond acceptors (Lipinski definition) is 5. The van der Waals surface area contributed by atoms with Crippen molar-refractivity contribution in [3.63, 3.8) is 0 Å². The van der Waals surface area contributed by atoms with Crippen LogP contribution >= 0.6 is 18.5 Å². The predicted octanol–water partition coefficient (Wildman–Crippen LogP) is 6.75. The van der Waals surface area contributed by atoms with Crippen molar-refractivity contribution >= 4 is 18.5 Å². The maximum atomic E-state index is 14.1. The molecule has 0 unspecified atom stereocenters. The second-order valence-electron chi connectivity index (χ2n) is 11.3. The van der Waals surface area contributed by atoms with Gasteiger partial charge in [0.25, 0.3) is 0 Å². The molecule has 0 aromatic heterocycles. The van der Waals surface area contributed by atoms with Crippen LogP contribution in [0.3, 0.4) is 0 Å². The van der Waals surface area contributed by atoms with Gasteiger partial charge in [0, 0.05) is 0 Å². The number of rotatable bonds is 7. The van der Waals surface area contributed by atoms with E-state index in [1.54, 1.807) is 0 Å². The second kappa shape index (κ2) is 6.73. The van der Waals surface area contributed by atoms with Crippen molar-refractivity contribution in [3.8, 4) is 0 Å². The Morgan fingerprint density at radius 2 is 1.04 bits per heavy atom. The maximum absolute atomic E-state index is 14.1. The summed E-state index contributed by atoms with van der Waals surface area (Å²) in [6, 6.07) is 0. The number of hydrogen-bond donors (Lipinski definition) is 0. The smallest absolute Gasteiger partial charge is 0.305 e. The molecule has 0 spiro atoms. The molecule has 28 heavy (non-hydrogen) atoms. The van der Waals surface area contributed by atoms with Crippen LogP contribution in [0.2, 0.25) is 0 Å². The highest BCUT2D eigenvalue weighted by molar-refractivity contribution is 8.52. The molecule has 0 saturated heterocycles. The summed E-state index contributed by atoms with van der Waals surface area (Å²) in [5, 5.41) is 0. The quantitative estimate of drug-likeness (QED) is 0.333. The lowest BCUT2D eigenvalue weighted by Gasteiger charge is -2.58. The van der Waals surface area contributed by atoms with E-state index >= 15 is 0 Å². The molecule has 8 bridgehead atoms. The van der Waals surface area contributed by atoms with Crippen LogP contribution in [-0.2, 0) is 17.8 Å². The van der Waals surface area contributed by atoms with E-state index in [-0.39, 0.29) is 11.2 Å². The fourth-order valence-corrected chi connectivity index (χ4v) is 12.5.